The highest BCUT2D eigenvalue weighted by Crippen LogP contribution is 2.32. The van der Waals surface area contributed by atoms with Gasteiger partial charge in [-0.25, -0.2) is 0 Å². The lowest BCUT2D eigenvalue weighted by atomic mass is 9.98. The molecule has 3 rings (SSSR count). The Bertz CT molecular complexity index is 573. The van der Waals surface area contributed by atoms with Crippen LogP contribution in [-0.2, 0) is 0 Å². The minimum Gasteiger partial charge on any atom is -0.390 e. The van der Waals surface area contributed by atoms with E-state index in [1.165, 1.54) is 5.69 Å². The van der Waals surface area contributed by atoms with E-state index in [0.717, 1.165) is 57.4 Å². The first kappa shape index (κ1) is 18.2. The smallest absolute Gasteiger partial charge is 0.253 e. The topological polar surface area (TPSA) is 47.0 Å². The SMILES string of the molecule is CN1CCN(c2ccc(C(=O)N(C)CCC3(O)CCCC3)cc2)CC1. The van der Waals surface area contributed by atoms with Gasteiger partial charge < -0.3 is 19.8 Å². The Morgan fingerprint density at radius 1 is 1.12 bits per heavy atom. The second-order valence-corrected chi connectivity index (χ2v) is 7.75. The van der Waals surface area contributed by atoms with Crippen molar-refractivity contribution in [1.29, 1.82) is 0 Å². The maximum atomic E-state index is 12.6. The van der Waals surface area contributed by atoms with Gasteiger partial charge >= 0.3 is 0 Å². The quantitative estimate of drug-likeness (QED) is 0.889. The fourth-order valence-electron chi connectivity index (χ4n) is 3.86. The highest BCUT2D eigenvalue weighted by Gasteiger charge is 2.31. The van der Waals surface area contributed by atoms with E-state index in [9.17, 15) is 9.90 Å². The third-order valence-corrected chi connectivity index (χ3v) is 5.78. The molecule has 0 radical (unpaired) electrons. The van der Waals surface area contributed by atoms with Crippen molar-refractivity contribution < 1.29 is 9.90 Å². The molecule has 0 spiro atoms. The number of rotatable bonds is 5. The summed E-state index contributed by atoms with van der Waals surface area (Å²) in [5, 5.41) is 10.4. The second kappa shape index (κ2) is 7.75. The van der Waals surface area contributed by atoms with Crippen LogP contribution < -0.4 is 4.90 Å². The number of aliphatic hydroxyl groups is 1. The van der Waals surface area contributed by atoms with Gasteiger partial charge in [0.1, 0.15) is 0 Å². The Kier molecular flexibility index (Phi) is 5.64. The van der Waals surface area contributed by atoms with Crippen LogP contribution in [0.2, 0.25) is 0 Å². The van der Waals surface area contributed by atoms with E-state index in [4.69, 9.17) is 0 Å². The Morgan fingerprint density at radius 2 is 1.72 bits per heavy atom. The molecule has 1 amide bonds. The average Bonchev–Trinajstić information content (AvgIpc) is 3.07. The van der Waals surface area contributed by atoms with Crippen LogP contribution in [0.3, 0.4) is 0 Å². The molecule has 1 aliphatic heterocycles. The molecule has 0 aromatic heterocycles. The number of hydrogen-bond acceptors (Lipinski definition) is 4. The second-order valence-electron chi connectivity index (χ2n) is 7.75. The number of hydrogen-bond donors (Lipinski definition) is 1. The molecule has 0 bridgehead atoms. The predicted octanol–water partition coefficient (Wildman–Crippen LogP) is 2.21. The third-order valence-electron chi connectivity index (χ3n) is 5.78. The van der Waals surface area contributed by atoms with Gasteiger partial charge in [-0.3, -0.25) is 4.79 Å². The number of benzene rings is 1. The van der Waals surface area contributed by atoms with Crippen molar-refractivity contribution in [3.8, 4) is 0 Å². The summed E-state index contributed by atoms with van der Waals surface area (Å²) in [6.07, 6.45) is 4.61. The Balaban J connectivity index is 1.54. The normalized spacial score (nSPS) is 20.7. The highest BCUT2D eigenvalue weighted by atomic mass is 16.3. The molecule has 5 heteroatoms. The summed E-state index contributed by atoms with van der Waals surface area (Å²) in [6.45, 7) is 4.82. The van der Waals surface area contributed by atoms with E-state index in [0.29, 0.717) is 13.0 Å². The van der Waals surface area contributed by atoms with Crippen LogP contribution in [0.15, 0.2) is 24.3 Å². The van der Waals surface area contributed by atoms with Crippen molar-refractivity contribution in [1.82, 2.24) is 9.80 Å². The Morgan fingerprint density at radius 3 is 2.32 bits per heavy atom. The zero-order valence-corrected chi connectivity index (χ0v) is 15.6. The number of likely N-dealkylation sites (N-methyl/N-ethyl adjacent to an activating group) is 1. The molecule has 1 aromatic rings. The number of carbonyl (C=O) groups is 1. The lowest BCUT2D eigenvalue weighted by molar-refractivity contribution is 0.0296. The van der Waals surface area contributed by atoms with Gasteiger partial charge in [0.25, 0.3) is 5.91 Å². The number of nitrogens with zero attached hydrogens (tertiary/aromatic N) is 3. The first-order chi connectivity index (χ1) is 12.0. The molecule has 0 unspecified atom stereocenters. The summed E-state index contributed by atoms with van der Waals surface area (Å²) in [6, 6.07) is 7.96. The van der Waals surface area contributed by atoms with Gasteiger partial charge in [-0.1, -0.05) is 12.8 Å². The van der Waals surface area contributed by atoms with E-state index >= 15 is 0 Å². The van der Waals surface area contributed by atoms with Crippen molar-refractivity contribution in [3.63, 3.8) is 0 Å². The summed E-state index contributed by atoms with van der Waals surface area (Å²) in [5.74, 6) is 0.0338. The maximum absolute atomic E-state index is 12.6. The molecule has 0 atom stereocenters. The Hall–Kier alpha value is -1.59. The van der Waals surface area contributed by atoms with Crippen molar-refractivity contribution in [2.75, 3.05) is 51.7 Å². The fraction of sp³-hybridized carbons (Fsp3) is 0.650. The predicted molar refractivity (Wildman–Crippen MR) is 101 cm³/mol. The molecule has 25 heavy (non-hydrogen) atoms. The monoisotopic (exact) mass is 345 g/mol. The molecule has 2 aliphatic rings. The van der Waals surface area contributed by atoms with Gasteiger partial charge in [-0.05, 0) is 50.6 Å². The van der Waals surface area contributed by atoms with Gasteiger partial charge in [-0.2, -0.15) is 0 Å². The van der Waals surface area contributed by atoms with Gasteiger partial charge in [0.05, 0.1) is 5.60 Å². The maximum Gasteiger partial charge on any atom is 0.253 e. The van der Waals surface area contributed by atoms with Crippen LogP contribution in [-0.4, -0.2) is 73.2 Å². The minimum atomic E-state index is -0.556. The van der Waals surface area contributed by atoms with Crippen LogP contribution in [0.4, 0.5) is 5.69 Å². The molecular weight excluding hydrogens is 314 g/mol. The Labute approximate surface area is 151 Å². The molecule has 1 saturated heterocycles. The number of carbonyl (C=O) groups excluding carboxylic acids is 1. The summed E-state index contributed by atoms with van der Waals surface area (Å²) in [7, 11) is 3.98. The number of amides is 1. The van der Waals surface area contributed by atoms with Crippen molar-refractivity contribution in [2.24, 2.45) is 0 Å². The van der Waals surface area contributed by atoms with Gasteiger partial charge in [0.15, 0.2) is 0 Å². The fourth-order valence-corrected chi connectivity index (χ4v) is 3.86. The summed E-state index contributed by atoms with van der Waals surface area (Å²) >= 11 is 0. The van der Waals surface area contributed by atoms with Gasteiger partial charge in [0, 0.05) is 51.0 Å². The van der Waals surface area contributed by atoms with E-state index in [1.807, 2.05) is 19.2 Å². The summed E-state index contributed by atoms with van der Waals surface area (Å²) in [5.41, 5.74) is 1.35. The first-order valence-corrected chi connectivity index (χ1v) is 9.48. The summed E-state index contributed by atoms with van der Waals surface area (Å²) in [4.78, 5) is 19.0. The van der Waals surface area contributed by atoms with E-state index in [2.05, 4.69) is 29.0 Å². The van der Waals surface area contributed by atoms with Crippen LogP contribution in [0, 0.1) is 0 Å². The molecular formula is C20H31N3O2. The van der Waals surface area contributed by atoms with Crippen molar-refractivity contribution >= 4 is 11.6 Å². The van der Waals surface area contributed by atoms with Gasteiger partial charge in [0.2, 0.25) is 0 Å². The summed E-state index contributed by atoms with van der Waals surface area (Å²) < 4.78 is 0. The van der Waals surface area contributed by atoms with E-state index in [1.54, 1.807) is 4.90 Å². The van der Waals surface area contributed by atoms with Crippen LogP contribution >= 0.6 is 0 Å². The molecule has 1 saturated carbocycles. The molecule has 138 valence electrons. The molecule has 1 aromatic carbocycles. The third kappa shape index (κ3) is 4.53. The highest BCUT2D eigenvalue weighted by molar-refractivity contribution is 5.94. The standard InChI is InChI=1S/C20H31N3O2/c1-21-13-15-23(16-14-21)18-7-5-17(6-8-18)19(24)22(2)12-11-20(25)9-3-4-10-20/h5-8,25H,3-4,9-16H2,1-2H3. The minimum absolute atomic E-state index is 0.0338. The van der Waals surface area contributed by atoms with Crippen LogP contribution in [0.5, 0.6) is 0 Å². The van der Waals surface area contributed by atoms with Crippen molar-refractivity contribution in [3.05, 3.63) is 29.8 Å². The van der Waals surface area contributed by atoms with Crippen LogP contribution in [0.25, 0.3) is 0 Å². The van der Waals surface area contributed by atoms with Crippen molar-refractivity contribution in [2.45, 2.75) is 37.7 Å². The molecule has 1 N–H and O–H groups in total. The lowest BCUT2D eigenvalue weighted by Gasteiger charge is -2.34. The average molecular weight is 345 g/mol. The van der Waals surface area contributed by atoms with Crippen LogP contribution in [0.1, 0.15) is 42.5 Å². The molecule has 2 fully saturated rings. The van der Waals surface area contributed by atoms with E-state index < -0.39 is 5.60 Å². The first-order valence-electron chi connectivity index (χ1n) is 9.48. The molecule has 5 nitrogen and oxygen atoms in total. The molecule has 1 heterocycles. The number of piperazine rings is 1. The zero-order chi connectivity index (χ0) is 17.9. The van der Waals surface area contributed by atoms with Gasteiger partial charge in [-0.15, -0.1) is 0 Å². The van der Waals surface area contributed by atoms with E-state index in [-0.39, 0.29) is 5.91 Å². The lowest BCUT2D eigenvalue weighted by Crippen LogP contribution is -2.44. The number of anilines is 1. The zero-order valence-electron chi connectivity index (χ0n) is 15.6. The largest absolute Gasteiger partial charge is 0.390 e. The molecule has 1 aliphatic carbocycles.